The van der Waals surface area contributed by atoms with Crippen molar-refractivity contribution in [2.75, 3.05) is 0 Å². The minimum Gasteiger partial charge on any atom is -0.135 e. The van der Waals surface area contributed by atoms with Crippen LogP contribution < -0.4 is 0 Å². The second-order valence-electron chi connectivity index (χ2n) is 12.8. The van der Waals surface area contributed by atoms with Gasteiger partial charge in [0.2, 0.25) is 0 Å². The van der Waals surface area contributed by atoms with Crippen LogP contribution in [-0.4, -0.2) is 0 Å². The minimum atomic E-state index is 1.30. The highest BCUT2D eigenvalue weighted by Crippen LogP contribution is 2.61. The number of hydrogen-bond donors (Lipinski definition) is 0. The van der Waals surface area contributed by atoms with E-state index in [1.807, 2.05) is 22.7 Å². The van der Waals surface area contributed by atoms with Gasteiger partial charge in [0.25, 0.3) is 0 Å². The Morgan fingerprint density at radius 3 is 1.89 bits per heavy atom. The van der Waals surface area contributed by atoms with Crippen molar-refractivity contribution in [2.24, 2.45) is 0 Å². The average molecular weight is 603 g/mol. The Bertz CT molecular complexity index is 2970. The summed E-state index contributed by atoms with van der Waals surface area (Å²) in [4.78, 5) is 4.18. The van der Waals surface area contributed by atoms with Gasteiger partial charge in [-0.1, -0.05) is 109 Å². The van der Waals surface area contributed by atoms with Gasteiger partial charge in [0.05, 0.1) is 0 Å². The van der Waals surface area contributed by atoms with E-state index in [2.05, 4.69) is 122 Å². The van der Waals surface area contributed by atoms with Gasteiger partial charge in [0.1, 0.15) is 0 Å². The summed E-state index contributed by atoms with van der Waals surface area (Å²) in [7, 11) is 0. The molecule has 0 unspecified atom stereocenters. The first-order valence-corrected chi connectivity index (χ1v) is 17.2. The third-order valence-electron chi connectivity index (χ3n) is 10.6. The summed E-state index contributed by atoms with van der Waals surface area (Å²) in [6, 6.07) is 44.0. The molecule has 2 aliphatic rings. The van der Waals surface area contributed by atoms with E-state index in [0.717, 1.165) is 0 Å². The molecule has 2 aliphatic carbocycles. The van der Waals surface area contributed by atoms with Crippen LogP contribution in [0.25, 0.3) is 118 Å². The van der Waals surface area contributed by atoms with Gasteiger partial charge in [0.15, 0.2) is 0 Å². The Hall–Kier alpha value is -5.02. The Morgan fingerprint density at radius 2 is 1.04 bits per heavy atom. The van der Waals surface area contributed by atoms with Crippen LogP contribution in [0, 0.1) is 6.92 Å². The van der Waals surface area contributed by atoms with E-state index in [0.29, 0.717) is 0 Å². The molecule has 0 saturated heterocycles. The molecule has 0 saturated carbocycles. The predicted octanol–water partition coefficient (Wildman–Crippen LogP) is 13.4. The van der Waals surface area contributed by atoms with Crippen LogP contribution in [0.1, 0.15) is 5.56 Å². The van der Waals surface area contributed by atoms with Crippen LogP contribution in [0.2, 0.25) is 0 Å². The van der Waals surface area contributed by atoms with Crippen molar-refractivity contribution in [3.8, 4) is 53.6 Å². The summed E-state index contributed by atoms with van der Waals surface area (Å²) in [6.45, 7) is 2.16. The van der Waals surface area contributed by atoms with Gasteiger partial charge in [-0.3, -0.25) is 0 Å². The SMILES string of the molecule is Cc1ccc(-c2cc3c(s2)-c2ccc4c5ccc6c7c(ccc(c75)c5c7ccccc7c-3c2c45)-c2c-6sc3ccccc23)cc1. The summed E-state index contributed by atoms with van der Waals surface area (Å²) in [5, 5.41) is 15.4. The van der Waals surface area contributed by atoms with Crippen LogP contribution in [0.15, 0.2) is 115 Å². The van der Waals surface area contributed by atoms with Crippen LogP contribution in [0.5, 0.6) is 0 Å². The van der Waals surface area contributed by atoms with Gasteiger partial charge in [-0.05, 0) is 84.2 Å². The van der Waals surface area contributed by atoms with Crippen molar-refractivity contribution in [2.45, 2.75) is 6.92 Å². The fourth-order valence-electron chi connectivity index (χ4n) is 8.75. The smallest absolute Gasteiger partial charge is 0.0440 e. The van der Waals surface area contributed by atoms with E-state index >= 15 is 0 Å². The van der Waals surface area contributed by atoms with E-state index in [1.54, 1.807) is 0 Å². The topological polar surface area (TPSA) is 0 Å². The lowest BCUT2D eigenvalue weighted by Gasteiger charge is -2.19. The number of benzene rings is 8. The molecule has 2 aromatic heterocycles. The van der Waals surface area contributed by atoms with Crippen LogP contribution >= 0.6 is 22.7 Å². The zero-order valence-corrected chi connectivity index (χ0v) is 25.9. The zero-order chi connectivity index (χ0) is 29.1. The molecule has 0 atom stereocenters. The Morgan fingerprint density at radius 1 is 0.400 bits per heavy atom. The second kappa shape index (κ2) is 7.79. The van der Waals surface area contributed by atoms with E-state index in [1.165, 1.54) is 123 Å². The number of fused-ring (bicyclic) bond motifs is 13. The molecular formula is C43H22S2. The third kappa shape index (κ3) is 2.64. The van der Waals surface area contributed by atoms with Gasteiger partial charge >= 0.3 is 0 Å². The van der Waals surface area contributed by atoms with Crippen molar-refractivity contribution >= 4 is 86.6 Å². The highest BCUT2D eigenvalue weighted by Gasteiger charge is 2.32. The van der Waals surface area contributed by atoms with Crippen molar-refractivity contribution in [1.82, 2.24) is 0 Å². The minimum absolute atomic E-state index is 1.30. The standard InChI is InChI=1S/C43H22S2/c1-21-10-12-22(13-11-21)34-20-32-37-24-7-3-2-6-23(24)36-28-16-17-29-38-30(43-39(29)27-8-4-5-9-33(27)44-43)18-14-25(35(28)38)26-15-19-31(42(32)45-34)41(37)40(26)36/h2-20H,1H3. The normalized spacial score (nSPS) is 13.0. The second-order valence-corrected chi connectivity index (χ2v) is 14.9. The van der Waals surface area contributed by atoms with Gasteiger partial charge in [0, 0.05) is 52.4 Å². The Balaban J connectivity index is 1.24. The van der Waals surface area contributed by atoms with Crippen molar-refractivity contribution in [3.63, 3.8) is 0 Å². The Kier molecular flexibility index (Phi) is 4.04. The lowest BCUT2D eigenvalue weighted by molar-refractivity contribution is 1.48. The van der Waals surface area contributed by atoms with Crippen molar-refractivity contribution in [1.29, 1.82) is 0 Å². The summed E-state index contributed by atoms with van der Waals surface area (Å²) in [5.41, 5.74) is 11.0. The van der Waals surface area contributed by atoms with E-state index in [-0.39, 0.29) is 0 Å². The summed E-state index contributed by atoms with van der Waals surface area (Å²) in [6.07, 6.45) is 0. The molecule has 0 aliphatic heterocycles. The zero-order valence-electron chi connectivity index (χ0n) is 24.3. The van der Waals surface area contributed by atoms with Crippen molar-refractivity contribution < 1.29 is 0 Å². The molecule has 8 aromatic carbocycles. The molecule has 12 rings (SSSR count). The molecule has 0 N–H and O–H groups in total. The maximum atomic E-state index is 2.45. The predicted molar refractivity (Wildman–Crippen MR) is 197 cm³/mol. The number of aryl methyl sites for hydroxylation is 1. The van der Waals surface area contributed by atoms with E-state index < -0.39 is 0 Å². The molecule has 45 heavy (non-hydrogen) atoms. The molecule has 2 heterocycles. The maximum absolute atomic E-state index is 2.45. The highest BCUT2D eigenvalue weighted by atomic mass is 32.1. The van der Waals surface area contributed by atoms with Crippen LogP contribution in [0.4, 0.5) is 0 Å². The first kappa shape index (κ1) is 23.4. The maximum Gasteiger partial charge on any atom is 0.0440 e. The average Bonchev–Trinajstić information content (AvgIpc) is 3.82. The first-order valence-electron chi connectivity index (χ1n) is 15.6. The quantitative estimate of drug-likeness (QED) is 0.129. The van der Waals surface area contributed by atoms with E-state index in [9.17, 15) is 0 Å². The van der Waals surface area contributed by atoms with Gasteiger partial charge in [-0.2, -0.15) is 0 Å². The third-order valence-corrected chi connectivity index (χ3v) is 13.0. The van der Waals surface area contributed by atoms with Crippen LogP contribution in [0.3, 0.4) is 0 Å². The van der Waals surface area contributed by atoms with Gasteiger partial charge < -0.3 is 0 Å². The lowest BCUT2D eigenvalue weighted by Crippen LogP contribution is -1.91. The van der Waals surface area contributed by atoms with Gasteiger partial charge in [-0.25, -0.2) is 0 Å². The number of hydrogen-bond acceptors (Lipinski definition) is 2. The molecule has 2 heteroatoms. The lowest BCUT2D eigenvalue weighted by atomic mass is 9.83. The molecule has 206 valence electrons. The molecular weight excluding hydrogens is 581 g/mol. The molecule has 0 amide bonds. The largest absolute Gasteiger partial charge is 0.135 e. The summed E-state index contributed by atoms with van der Waals surface area (Å²) in [5.74, 6) is 0. The summed E-state index contributed by atoms with van der Waals surface area (Å²) >= 11 is 3.89. The molecule has 0 nitrogen and oxygen atoms in total. The molecule has 0 radical (unpaired) electrons. The highest BCUT2D eigenvalue weighted by molar-refractivity contribution is 7.23. The van der Waals surface area contributed by atoms with Crippen molar-refractivity contribution in [3.05, 3.63) is 121 Å². The molecule has 0 bridgehead atoms. The number of rotatable bonds is 1. The fourth-order valence-corrected chi connectivity index (χ4v) is 11.2. The van der Waals surface area contributed by atoms with E-state index in [4.69, 9.17) is 0 Å². The molecule has 0 spiro atoms. The number of thiophene rings is 2. The molecule has 10 aromatic rings. The molecule has 0 fully saturated rings. The summed E-state index contributed by atoms with van der Waals surface area (Å²) < 4.78 is 1.37. The monoisotopic (exact) mass is 602 g/mol. The van der Waals surface area contributed by atoms with Gasteiger partial charge in [-0.15, -0.1) is 22.7 Å². The first-order chi connectivity index (χ1) is 22.2. The van der Waals surface area contributed by atoms with Crippen LogP contribution in [-0.2, 0) is 0 Å². The Labute approximate surface area is 266 Å². The fraction of sp³-hybridized carbons (Fsp3) is 0.0233.